The maximum absolute atomic E-state index is 6.00. The second kappa shape index (κ2) is 6.39. The number of nitrogens with zero attached hydrogens (tertiary/aromatic N) is 5. The van der Waals surface area contributed by atoms with Gasteiger partial charge in [0, 0.05) is 36.1 Å². The average Bonchev–Trinajstić information content (AvgIpc) is 3.15. The summed E-state index contributed by atoms with van der Waals surface area (Å²) in [4.78, 5) is 20.6. The Kier molecular flexibility index (Phi) is 3.86. The minimum absolute atomic E-state index is 0.115. The van der Waals surface area contributed by atoms with Crippen LogP contribution in [0.25, 0.3) is 11.4 Å². The molecule has 5 rings (SSSR count). The van der Waals surface area contributed by atoms with Gasteiger partial charge in [-0.2, -0.15) is 0 Å². The van der Waals surface area contributed by atoms with Crippen molar-refractivity contribution in [3.8, 4) is 11.4 Å². The van der Waals surface area contributed by atoms with Crippen LogP contribution in [0.2, 0.25) is 0 Å². The minimum atomic E-state index is -0.115. The molecule has 0 bridgehead atoms. The number of fused-ring (bicyclic) bond motifs is 2. The molecule has 1 atom stereocenters. The van der Waals surface area contributed by atoms with E-state index < -0.39 is 0 Å². The van der Waals surface area contributed by atoms with Gasteiger partial charge in [0.1, 0.15) is 12.1 Å². The molecular weight excluding hydrogens is 338 g/mol. The third-order valence-corrected chi connectivity index (χ3v) is 5.62. The third kappa shape index (κ3) is 2.77. The number of aromatic nitrogens is 4. The highest BCUT2D eigenvalue weighted by molar-refractivity contribution is 5.57. The van der Waals surface area contributed by atoms with Crippen molar-refractivity contribution in [1.82, 2.24) is 19.9 Å². The van der Waals surface area contributed by atoms with Crippen molar-refractivity contribution >= 4 is 5.82 Å². The standard InChI is InChI=1S/C21H21N5O/c1-15-17-11-27-13-21(8-10-26(12-21)18-7-9-22-14-23-18)19(17)25-20(24-15)16-5-3-2-4-6-16/h2-7,9,14H,8,10-13H2,1H3/t21-/m1/s1. The smallest absolute Gasteiger partial charge is 0.159 e. The average molecular weight is 359 g/mol. The van der Waals surface area contributed by atoms with Gasteiger partial charge in [0.25, 0.3) is 0 Å². The molecule has 0 N–H and O–H groups in total. The van der Waals surface area contributed by atoms with Gasteiger partial charge in [0.05, 0.1) is 24.3 Å². The van der Waals surface area contributed by atoms with Gasteiger partial charge in [-0.05, 0) is 19.4 Å². The van der Waals surface area contributed by atoms with Crippen LogP contribution in [-0.4, -0.2) is 39.6 Å². The summed E-state index contributed by atoms with van der Waals surface area (Å²) >= 11 is 0. The molecule has 0 unspecified atom stereocenters. The molecule has 27 heavy (non-hydrogen) atoms. The highest BCUT2D eigenvalue weighted by atomic mass is 16.5. The van der Waals surface area contributed by atoms with Gasteiger partial charge in [-0.15, -0.1) is 0 Å². The van der Waals surface area contributed by atoms with E-state index in [1.165, 1.54) is 0 Å². The van der Waals surface area contributed by atoms with Crippen molar-refractivity contribution in [2.45, 2.75) is 25.4 Å². The summed E-state index contributed by atoms with van der Waals surface area (Å²) in [7, 11) is 0. The molecule has 1 aromatic carbocycles. The van der Waals surface area contributed by atoms with E-state index in [9.17, 15) is 0 Å². The largest absolute Gasteiger partial charge is 0.376 e. The predicted molar refractivity (Wildman–Crippen MR) is 102 cm³/mol. The van der Waals surface area contributed by atoms with E-state index in [-0.39, 0.29) is 5.41 Å². The Balaban J connectivity index is 1.57. The summed E-state index contributed by atoms with van der Waals surface area (Å²) < 4.78 is 6.00. The van der Waals surface area contributed by atoms with E-state index >= 15 is 0 Å². The molecule has 0 amide bonds. The predicted octanol–water partition coefficient (Wildman–Crippen LogP) is 2.92. The molecule has 0 aliphatic carbocycles. The van der Waals surface area contributed by atoms with Crippen LogP contribution >= 0.6 is 0 Å². The first-order chi connectivity index (χ1) is 13.3. The lowest BCUT2D eigenvalue weighted by Gasteiger charge is -2.35. The van der Waals surface area contributed by atoms with Crippen LogP contribution in [0.4, 0.5) is 5.82 Å². The van der Waals surface area contributed by atoms with Gasteiger partial charge in [0.2, 0.25) is 0 Å². The molecule has 1 fully saturated rings. The van der Waals surface area contributed by atoms with Crippen molar-refractivity contribution in [2.75, 3.05) is 24.6 Å². The summed E-state index contributed by atoms with van der Waals surface area (Å²) in [5, 5.41) is 0. The molecule has 6 nitrogen and oxygen atoms in total. The van der Waals surface area contributed by atoms with Crippen molar-refractivity contribution < 1.29 is 4.74 Å². The van der Waals surface area contributed by atoms with Crippen LogP contribution in [0, 0.1) is 6.92 Å². The zero-order valence-corrected chi connectivity index (χ0v) is 15.3. The summed E-state index contributed by atoms with van der Waals surface area (Å²) in [6, 6.07) is 12.2. The Morgan fingerprint density at radius 1 is 1.11 bits per heavy atom. The van der Waals surface area contributed by atoms with Crippen molar-refractivity contribution in [3.05, 3.63) is 65.9 Å². The molecule has 1 saturated heterocycles. The molecule has 2 aliphatic rings. The highest BCUT2D eigenvalue weighted by Gasteiger charge is 2.45. The molecule has 4 heterocycles. The fourth-order valence-electron chi connectivity index (χ4n) is 4.19. The number of aryl methyl sites for hydroxylation is 1. The van der Waals surface area contributed by atoms with Crippen molar-refractivity contribution in [2.24, 2.45) is 0 Å². The van der Waals surface area contributed by atoms with E-state index in [0.717, 1.165) is 53.7 Å². The molecule has 2 aliphatic heterocycles. The van der Waals surface area contributed by atoms with Crippen LogP contribution in [0.5, 0.6) is 0 Å². The Morgan fingerprint density at radius 2 is 2.00 bits per heavy atom. The normalized spacial score (nSPS) is 21.4. The van der Waals surface area contributed by atoms with Crippen LogP contribution in [0.1, 0.15) is 23.4 Å². The van der Waals surface area contributed by atoms with Crippen LogP contribution < -0.4 is 4.90 Å². The van der Waals surface area contributed by atoms with Crippen molar-refractivity contribution in [3.63, 3.8) is 0 Å². The molecule has 0 saturated carbocycles. The SMILES string of the molecule is Cc1nc(-c2ccccc2)nc2c1COC[C@]21CCN(c2ccncn2)C1. The number of anilines is 1. The number of rotatable bonds is 2. The van der Waals surface area contributed by atoms with Gasteiger partial charge in [-0.1, -0.05) is 30.3 Å². The zero-order chi connectivity index (χ0) is 18.3. The second-order valence-electron chi connectivity index (χ2n) is 7.34. The van der Waals surface area contributed by atoms with Gasteiger partial charge in [-0.3, -0.25) is 0 Å². The number of ether oxygens (including phenoxy) is 1. The topological polar surface area (TPSA) is 64.0 Å². The molecule has 3 aromatic rings. The molecule has 136 valence electrons. The minimum Gasteiger partial charge on any atom is -0.376 e. The second-order valence-corrected chi connectivity index (χ2v) is 7.34. The molecule has 0 radical (unpaired) electrons. The van der Waals surface area contributed by atoms with Gasteiger partial charge >= 0.3 is 0 Å². The summed E-state index contributed by atoms with van der Waals surface area (Å²) in [5.74, 6) is 1.76. The zero-order valence-electron chi connectivity index (χ0n) is 15.3. The van der Waals surface area contributed by atoms with Crippen molar-refractivity contribution in [1.29, 1.82) is 0 Å². The Bertz CT molecular complexity index is 963. The van der Waals surface area contributed by atoms with Crippen LogP contribution in [0.3, 0.4) is 0 Å². The maximum Gasteiger partial charge on any atom is 0.159 e. The maximum atomic E-state index is 6.00. The first-order valence-corrected chi connectivity index (χ1v) is 9.27. The summed E-state index contributed by atoms with van der Waals surface area (Å²) in [6.07, 6.45) is 4.39. The monoisotopic (exact) mass is 359 g/mol. The van der Waals surface area contributed by atoms with Crippen LogP contribution in [0.15, 0.2) is 48.9 Å². The Morgan fingerprint density at radius 3 is 2.81 bits per heavy atom. The number of hydrogen-bond acceptors (Lipinski definition) is 6. The van der Waals surface area contributed by atoms with E-state index in [0.29, 0.717) is 13.2 Å². The highest BCUT2D eigenvalue weighted by Crippen LogP contribution is 2.41. The van der Waals surface area contributed by atoms with E-state index in [1.54, 1.807) is 12.5 Å². The Labute approximate surface area is 158 Å². The summed E-state index contributed by atoms with van der Waals surface area (Å²) in [5.41, 5.74) is 4.24. The quantitative estimate of drug-likeness (QED) is 0.701. The third-order valence-electron chi connectivity index (χ3n) is 5.62. The van der Waals surface area contributed by atoms with Crippen LogP contribution in [-0.2, 0) is 16.8 Å². The lowest BCUT2D eigenvalue weighted by atomic mass is 9.80. The lowest BCUT2D eigenvalue weighted by Crippen LogP contribution is -2.41. The molecule has 6 heteroatoms. The lowest BCUT2D eigenvalue weighted by molar-refractivity contribution is 0.0552. The first kappa shape index (κ1) is 16.3. The van der Waals surface area contributed by atoms with E-state index in [1.807, 2.05) is 24.3 Å². The molecule has 2 aromatic heterocycles. The fraction of sp³-hybridized carbons (Fsp3) is 0.333. The van der Waals surface area contributed by atoms with E-state index in [4.69, 9.17) is 14.7 Å². The number of benzene rings is 1. The number of hydrogen-bond donors (Lipinski definition) is 0. The summed E-state index contributed by atoms with van der Waals surface area (Å²) in [6.45, 7) is 5.12. The molecule has 1 spiro atoms. The first-order valence-electron chi connectivity index (χ1n) is 9.27. The molecular formula is C21H21N5O. The van der Waals surface area contributed by atoms with Gasteiger partial charge in [0.15, 0.2) is 5.82 Å². The fourth-order valence-corrected chi connectivity index (χ4v) is 4.19. The van der Waals surface area contributed by atoms with Gasteiger partial charge in [-0.25, -0.2) is 19.9 Å². The van der Waals surface area contributed by atoms with E-state index in [2.05, 4.69) is 33.9 Å². The Hall–Kier alpha value is -2.86. The van der Waals surface area contributed by atoms with Gasteiger partial charge < -0.3 is 9.64 Å².